The zero-order chi connectivity index (χ0) is 20.6. The Labute approximate surface area is 170 Å². The van der Waals surface area contributed by atoms with E-state index in [1.54, 1.807) is 23.9 Å². The summed E-state index contributed by atoms with van der Waals surface area (Å²) < 4.78 is 35.8. The molecule has 2 rings (SSSR count). The predicted octanol–water partition coefficient (Wildman–Crippen LogP) is 2.38. The van der Waals surface area contributed by atoms with E-state index >= 15 is 0 Å². The van der Waals surface area contributed by atoms with Crippen LogP contribution in [0.4, 0.5) is 5.69 Å². The number of amides is 1. The number of nitrogens with one attached hydrogen (secondary N) is 1. The fourth-order valence-corrected chi connectivity index (χ4v) is 4.08. The minimum absolute atomic E-state index is 0.315. The molecule has 1 N–H and O–H groups in total. The third kappa shape index (κ3) is 6.35. The molecule has 0 unspecified atom stereocenters. The first-order valence-corrected chi connectivity index (χ1v) is 11.3. The van der Waals surface area contributed by atoms with E-state index in [2.05, 4.69) is 5.32 Å². The molecule has 2 aromatic rings. The van der Waals surface area contributed by atoms with Crippen molar-refractivity contribution in [2.75, 3.05) is 43.6 Å². The number of anilines is 1. The Morgan fingerprint density at radius 2 is 1.75 bits per heavy atom. The van der Waals surface area contributed by atoms with Crippen LogP contribution in [0, 0.1) is 0 Å². The molecule has 0 saturated heterocycles. The molecule has 28 heavy (non-hydrogen) atoms. The first-order chi connectivity index (χ1) is 13.3. The standard InChI is InChI=1S/C19H24N2O5S2/c1-25-17-10-9-15(13-18(17)26-2)21(28(3,23)24)14-19(22)20-11-12-27-16-7-5-4-6-8-16/h4-10,13H,11-12,14H2,1-3H3,(H,20,22). The van der Waals surface area contributed by atoms with Crippen molar-refractivity contribution in [3.05, 3.63) is 48.5 Å². The number of carbonyl (C=O) groups is 1. The Kier molecular flexibility index (Phi) is 8.01. The molecular weight excluding hydrogens is 400 g/mol. The quantitative estimate of drug-likeness (QED) is 0.466. The maximum absolute atomic E-state index is 12.3. The van der Waals surface area contributed by atoms with Gasteiger partial charge in [0.05, 0.1) is 26.2 Å². The molecule has 0 radical (unpaired) electrons. The molecule has 0 saturated carbocycles. The highest BCUT2D eigenvalue weighted by molar-refractivity contribution is 7.99. The van der Waals surface area contributed by atoms with E-state index in [1.807, 2.05) is 30.3 Å². The van der Waals surface area contributed by atoms with E-state index in [-0.39, 0.29) is 12.5 Å². The van der Waals surface area contributed by atoms with Crippen molar-refractivity contribution < 1.29 is 22.7 Å². The lowest BCUT2D eigenvalue weighted by atomic mass is 10.2. The Morgan fingerprint density at radius 1 is 1.07 bits per heavy atom. The lowest BCUT2D eigenvalue weighted by Crippen LogP contribution is -2.41. The van der Waals surface area contributed by atoms with Crippen molar-refractivity contribution >= 4 is 33.4 Å². The first-order valence-electron chi connectivity index (χ1n) is 8.49. The molecular formula is C19H24N2O5S2. The maximum atomic E-state index is 12.3. The van der Waals surface area contributed by atoms with E-state index in [9.17, 15) is 13.2 Å². The second kappa shape index (κ2) is 10.2. The molecule has 0 aliphatic heterocycles. The van der Waals surface area contributed by atoms with Crippen molar-refractivity contribution in [2.45, 2.75) is 4.90 Å². The molecule has 0 aliphatic rings. The lowest BCUT2D eigenvalue weighted by Gasteiger charge is -2.23. The SMILES string of the molecule is COc1ccc(N(CC(=O)NCCSc2ccccc2)S(C)(=O)=O)cc1OC. The van der Waals surface area contributed by atoms with Crippen LogP contribution in [0.25, 0.3) is 0 Å². The van der Waals surface area contributed by atoms with Crippen molar-refractivity contribution in [3.8, 4) is 11.5 Å². The van der Waals surface area contributed by atoms with E-state index in [1.165, 1.54) is 20.3 Å². The van der Waals surface area contributed by atoms with Gasteiger partial charge in [-0.05, 0) is 24.3 Å². The van der Waals surface area contributed by atoms with Gasteiger partial charge in [-0.2, -0.15) is 0 Å². The van der Waals surface area contributed by atoms with Crippen LogP contribution in [0.2, 0.25) is 0 Å². The summed E-state index contributed by atoms with van der Waals surface area (Å²) in [4.78, 5) is 13.4. The molecule has 9 heteroatoms. The minimum Gasteiger partial charge on any atom is -0.493 e. The second-order valence-electron chi connectivity index (χ2n) is 5.82. The maximum Gasteiger partial charge on any atom is 0.240 e. The average molecular weight is 425 g/mol. The second-order valence-corrected chi connectivity index (χ2v) is 8.90. The van der Waals surface area contributed by atoms with E-state index < -0.39 is 10.0 Å². The summed E-state index contributed by atoms with van der Waals surface area (Å²) in [6.45, 7) is 0.117. The highest BCUT2D eigenvalue weighted by Crippen LogP contribution is 2.32. The van der Waals surface area contributed by atoms with Gasteiger partial charge in [-0.15, -0.1) is 11.8 Å². The number of carbonyl (C=O) groups excluding carboxylic acids is 1. The van der Waals surface area contributed by atoms with Crippen LogP contribution in [0.15, 0.2) is 53.4 Å². The highest BCUT2D eigenvalue weighted by Gasteiger charge is 2.22. The fourth-order valence-electron chi connectivity index (χ4n) is 2.44. The van der Waals surface area contributed by atoms with Gasteiger partial charge in [0.25, 0.3) is 0 Å². The van der Waals surface area contributed by atoms with Gasteiger partial charge in [0.15, 0.2) is 11.5 Å². The molecule has 0 aliphatic carbocycles. The fraction of sp³-hybridized carbons (Fsp3) is 0.316. The van der Waals surface area contributed by atoms with E-state index in [0.717, 1.165) is 15.5 Å². The Morgan fingerprint density at radius 3 is 2.36 bits per heavy atom. The summed E-state index contributed by atoms with van der Waals surface area (Å²) in [6, 6.07) is 14.5. The number of hydrogen-bond donors (Lipinski definition) is 1. The summed E-state index contributed by atoms with van der Waals surface area (Å²) >= 11 is 1.62. The van der Waals surface area contributed by atoms with E-state index in [0.29, 0.717) is 29.5 Å². The number of benzene rings is 2. The van der Waals surface area contributed by atoms with Crippen LogP contribution in [0.5, 0.6) is 11.5 Å². The number of hydrogen-bond acceptors (Lipinski definition) is 6. The normalized spacial score (nSPS) is 11.0. The van der Waals surface area contributed by atoms with Gasteiger partial charge in [-0.3, -0.25) is 9.10 Å². The van der Waals surface area contributed by atoms with Gasteiger partial charge in [-0.1, -0.05) is 18.2 Å². The number of thioether (sulfide) groups is 1. The molecule has 152 valence electrons. The number of nitrogens with zero attached hydrogens (tertiary/aromatic N) is 1. The third-order valence-electron chi connectivity index (χ3n) is 3.78. The van der Waals surface area contributed by atoms with Gasteiger partial charge in [-0.25, -0.2) is 8.42 Å². The van der Waals surface area contributed by atoms with Gasteiger partial charge in [0.2, 0.25) is 15.9 Å². The molecule has 2 aromatic carbocycles. The van der Waals surface area contributed by atoms with Crippen molar-refractivity contribution in [3.63, 3.8) is 0 Å². The molecule has 0 atom stereocenters. The molecule has 0 heterocycles. The van der Waals surface area contributed by atoms with Crippen molar-refractivity contribution in [2.24, 2.45) is 0 Å². The summed E-state index contributed by atoms with van der Waals surface area (Å²) in [5.74, 6) is 1.16. The predicted molar refractivity (Wildman–Crippen MR) is 112 cm³/mol. The number of sulfonamides is 1. The van der Waals surface area contributed by atoms with Crippen molar-refractivity contribution in [1.82, 2.24) is 5.32 Å². The number of ether oxygens (including phenoxy) is 2. The smallest absolute Gasteiger partial charge is 0.240 e. The molecule has 0 fully saturated rings. The summed E-state index contributed by atoms with van der Waals surface area (Å²) in [5.41, 5.74) is 0.328. The molecule has 0 bridgehead atoms. The Balaban J connectivity index is 1.99. The Bertz CT molecular complexity index is 888. The van der Waals surface area contributed by atoms with Gasteiger partial charge in [0, 0.05) is 23.3 Å². The average Bonchev–Trinajstić information content (AvgIpc) is 2.69. The van der Waals surface area contributed by atoms with Crippen molar-refractivity contribution in [1.29, 1.82) is 0 Å². The monoisotopic (exact) mass is 424 g/mol. The Hall–Kier alpha value is -2.39. The zero-order valence-corrected chi connectivity index (χ0v) is 17.7. The van der Waals surface area contributed by atoms with Crippen LogP contribution in [-0.4, -0.2) is 53.6 Å². The van der Waals surface area contributed by atoms with Crippen LogP contribution in [-0.2, 0) is 14.8 Å². The molecule has 1 amide bonds. The van der Waals surface area contributed by atoms with E-state index in [4.69, 9.17) is 9.47 Å². The van der Waals surface area contributed by atoms with Crippen LogP contribution < -0.4 is 19.1 Å². The van der Waals surface area contributed by atoms with Crippen LogP contribution in [0.3, 0.4) is 0 Å². The van der Waals surface area contributed by atoms with Gasteiger partial charge < -0.3 is 14.8 Å². The number of methoxy groups -OCH3 is 2. The minimum atomic E-state index is -3.66. The largest absolute Gasteiger partial charge is 0.493 e. The zero-order valence-electron chi connectivity index (χ0n) is 16.0. The summed E-state index contributed by atoms with van der Waals surface area (Å²) in [5, 5.41) is 2.75. The number of rotatable bonds is 10. The molecule has 7 nitrogen and oxygen atoms in total. The first kappa shape index (κ1) is 21.9. The molecule has 0 aromatic heterocycles. The topological polar surface area (TPSA) is 84.9 Å². The van der Waals surface area contributed by atoms with Gasteiger partial charge in [0.1, 0.15) is 6.54 Å². The van der Waals surface area contributed by atoms with Crippen LogP contribution >= 0.6 is 11.8 Å². The summed E-state index contributed by atoms with van der Waals surface area (Å²) in [7, 11) is -0.706. The van der Waals surface area contributed by atoms with Crippen LogP contribution in [0.1, 0.15) is 0 Å². The lowest BCUT2D eigenvalue weighted by molar-refractivity contribution is -0.119. The summed E-state index contributed by atoms with van der Waals surface area (Å²) in [6.07, 6.45) is 1.06. The molecule has 0 spiro atoms. The third-order valence-corrected chi connectivity index (χ3v) is 5.93. The highest BCUT2D eigenvalue weighted by atomic mass is 32.2. The van der Waals surface area contributed by atoms with Gasteiger partial charge >= 0.3 is 0 Å².